The normalized spacial score (nSPS) is 13.7. The minimum absolute atomic E-state index is 0.0502. The van der Waals surface area contributed by atoms with Gasteiger partial charge in [0.15, 0.2) is 6.10 Å². The number of halogens is 3. The molecule has 1 aromatic rings. The molecule has 0 amide bonds. The van der Waals surface area contributed by atoms with Gasteiger partial charge in [0.1, 0.15) is 0 Å². The minimum Gasteiger partial charge on any atom is -0.481 e. The molecule has 1 unspecified atom stereocenters. The number of hydrogen-bond acceptors (Lipinski definition) is 3. The number of ether oxygens (including phenoxy) is 2. The van der Waals surface area contributed by atoms with E-state index in [-0.39, 0.29) is 11.4 Å². The third-order valence-corrected chi connectivity index (χ3v) is 1.80. The lowest BCUT2D eigenvalue weighted by atomic mass is 10.1. The number of nitrogens with zero attached hydrogens (tertiary/aromatic N) is 1. The fraction of sp³-hybridized carbons (Fsp3) is 0.444. The first-order valence-corrected chi connectivity index (χ1v) is 4.08. The van der Waals surface area contributed by atoms with E-state index < -0.39 is 12.3 Å². The molecule has 0 aromatic carbocycles. The summed E-state index contributed by atoms with van der Waals surface area (Å²) >= 11 is 0. The molecular weight excluding hydrogens is 211 g/mol. The van der Waals surface area contributed by atoms with E-state index in [1.54, 1.807) is 0 Å². The Kier molecular flexibility index (Phi) is 3.52. The Bertz CT molecular complexity index is 310. The Hall–Kier alpha value is -1.30. The third-order valence-electron chi connectivity index (χ3n) is 1.80. The van der Waals surface area contributed by atoms with E-state index in [1.807, 2.05) is 0 Å². The number of rotatable bonds is 3. The van der Waals surface area contributed by atoms with Crippen LogP contribution in [-0.4, -0.2) is 25.4 Å². The highest BCUT2D eigenvalue weighted by molar-refractivity contribution is 5.20. The number of pyridine rings is 1. The molecule has 1 atom stereocenters. The van der Waals surface area contributed by atoms with E-state index in [9.17, 15) is 13.2 Å². The van der Waals surface area contributed by atoms with Gasteiger partial charge >= 0.3 is 6.18 Å². The summed E-state index contributed by atoms with van der Waals surface area (Å²) in [6.45, 7) is 0. The van der Waals surface area contributed by atoms with Gasteiger partial charge in [-0.3, -0.25) is 0 Å². The molecule has 0 bridgehead atoms. The lowest BCUT2D eigenvalue weighted by Gasteiger charge is -2.18. The van der Waals surface area contributed by atoms with Gasteiger partial charge < -0.3 is 9.47 Å². The first-order chi connectivity index (χ1) is 6.99. The SMILES string of the molecule is COc1ccc(C(OC)C(F)(F)F)cn1. The number of aromatic nitrogens is 1. The van der Waals surface area contributed by atoms with E-state index in [0.717, 1.165) is 13.3 Å². The Morgan fingerprint density at radius 1 is 1.27 bits per heavy atom. The summed E-state index contributed by atoms with van der Waals surface area (Å²) in [5.74, 6) is 0.260. The molecule has 0 radical (unpaired) electrons. The molecular formula is C9H10F3NO2. The second-order valence-corrected chi connectivity index (χ2v) is 2.79. The second-order valence-electron chi connectivity index (χ2n) is 2.79. The van der Waals surface area contributed by atoms with E-state index >= 15 is 0 Å². The van der Waals surface area contributed by atoms with Gasteiger partial charge in [0.25, 0.3) is 0 Å². The molecule has 0 fully saturated rings. The van der Waals surface area contributed by atoms with Crippen molar-refractivity contribution in [3.8, 4) is 5.88 Å². The lowest BCUT2D eigenvalue weighted by molar-refractivity contribution is -0.216. The molecule has 6 heteroatoms. The molecule has 1 rings (SSSR count). The minimum atomic E-state index is -4.44. The lowest BCUT2D eigenvalue weighted by Crippen LogP contribution is -2.22. The summed E-state index contributed by atoms with van der Waals surface area (Å²) in [5.41, 5.74) is -0.0502. The van der Waals surface area contributed by atoms with Crippen molar-refractivity contribution in [3.05, 3.63) is 23.9 Å². The van der Waals surface area contributed by atoms with Crippen LogP contribution in [0.4, 0.5) is 13.2 Å². The standard InChI is InChI=1S/C9H10F3NO2/c1-14-7-4-3-6(5-13-7)8(15-2)9(10,11)12/h3-5,8H,1-2H3. The Labute approximate surface area is 84.8 Å². The van der Waals surface area contributed by atoms with Crippen LogP contribution in [0, 0.1) is 0 Å². The summed E-state index contributed by atoms with van der Waals surface area (Å²) in [6, 6.07) is 2.63. The smallest absolute Gasteiger partial charge is 0.418 e. The van der Waals surface area contributed by atoms with E-state index in [0.29, 0.717) is 0 Å². The van der Waals surface area contributed by atoms with Crippen molar-refractivity contribution in [3.63, 3.8) is 0 Å². The van der Waals surface area contributed by atoms with E-state index in [4.69, 9.17) is 4.74 Å². The molecule has 0 aliphatic heterocycles. The molecule has 0 aliphatic rings. The second kappa shape index (κ2) is 4.48. The van der Waals surface area contributed by atoms with Crippen LogP contribution in [0.15, 0.2) is 18.3 Å². The van der Waals surface area contributed by atoms with Gasteiger partial charge in [0.2, 0.25) is 5.88 Å². The van der Waals surface area contributed by atoms with Crippen molar-refractivity contribution in [2.24, 2.45) is 0 Å². The van der Waals surface area contributed by atoms with Crippen LogP contribution in [0.2, 0.25) is 0 Å². The zero-order valence-corrected chi connectivity index (χ0v) is 8.21. The quantitative estimate of drug-likeness (QED) is 0.785. The van der Waals surface area contributed by atoms with Crippen LogP contribution in [0.3, 0.4) is 0 Å². The molecule has 0 spiro atoms. The van der Waals surface area contributed by atoms with Crippen molar-refractivity contribution in [1.82, 2.24) is 4.98 Å². The van der Waals surface area contributed by atoms with Crippen LogP contribution < -0.4 is 4.74 Å². The van der Waals surface area contributed by atoms with Crippen molar-refractivity contribution in [2.45, 2.75) is 12.3 Å². The maximum atomic E-state index is 12.4. The third kappa shape index (κ3) is 2.82. The van der Waals surface area contributed by atoms with Gasteiger partial charge in [-0.15, -0.1) is 0 Å². The first-order valence-electron chi connectivity index (χ1n) is 4.08. The van der Waals surface area contributed by atoms with Crippen LogP contribution in [-0.2, 0) is 4.74 Å². The monoisotopic (exact) mass is 221 g/mol. The van der Waals surface area contributed by atoms with Crippen molar-refractivity contribution in [1.29, 1.82) is 0 Å². The van der Waals surface area contributed by atoms with Gasteiger partial charge in [-0.25, -0.2) is 4.98 Å². The molecule has 0 N–H and O–H groups in total. The molecule has 0 saturated heterocycles. The summed E-state index contributed by atoms with van der Waals surface area (Å²) in [7, 11) is 2.39. The topological polar surface area (TPSA) is 31.4 Å². The van der Waals surface area contributed by atoms with Crippen LogP contribution in [0.1, 0.15) is 11.7 Å². The zero-order valence-electron chi connectivity index (χ0n) is 8.21. The fourth-order valence-corrected chi connectivity index (χ4v) is 1.13. The zero-order chi connectivity index (χ0) is 11.5. The Morgan fingerprint density at radius 3 is 2.27 bits per heavy atom. The van der Waals surface area contributed by atoms with E-state index in [1.165, 1.54) is 19.2 Å². The number of methoxy groups -OCH3 is 2. The van der Waals surface area contributed by atoms with Crippen LogP contribution >= 0.6 is 0 Å². The van der Waals surface area contributed by atoms with Crippen LogP contribution in [0.5, 0.6) is 5.88 Å². The van der Waals surface area contributed by atoms with Crippen molar-refractivity contribution < 1.29 is 22.6 Å². The molecule has 3 nitrogen and oxygen atoms in total. The Morgan fingerprint density at radius 2 is 1.93 bits per heavy atom. The number of alkyl halides is 3. The van der Waals surface area contributed by atoms with E-state index in [2.05, 4.69) is 9.72 Å². The van der Waals surface area contributed by atoms with Crippen LogP contribution in [0.25, 0.3) is 0 Å². The van der Waals surface area contributed by atoms with Crippen molar-refractivity contribution in [2.75, 3.05) is 14.2 Å². The van der Waals surface area contributed by atoms with Gasteiger partial charge in [0, 0.05) is 24.9 Å². The maximum Gasteiger partial charge on any atom is 0.418 e. The summed E-state index contributed by atoms with van der Waals surface area (Å²) in [5, 5.41) is 0. The largest absolute Gasteiger partial charge is 0.481 e. The predicted molar refractivity (Wildman–Crippen MR) is 46.6 cm³/mol. The summed E-state index contributed by atoms with van der Waals surface area (Å²) in [6.07, 6.45) is -5.30. The molecule has 1 heterocycles. The van der Waals surface area contributed by atoms with Crippen molar-refractivity contribution >= 4 is 0 Å². The molecule has 1 aromatic heterocycles. The average Bonchev–Trinajstić information content (AvgIpc) is 2.18. The maximum absolute atomic E-state index is 12.4. The highest BCUT2D eigenvalue weighted by Gasteiger charge is 2.41. The molecule has 0 aliphatic carbocycles. The van der Waals surface area contributed by atoms with Gasteiger partial charge in [-0.1, -0.05) is 0 Å². The molecule has 84 valence electrons. The fourth-order valence-electron chi connectivity index (χ4n) is 1.13. The van der Waals surface area contributed by atoms with Gasteiger partial charge in [-0.2, -0.15) is 13.2 Å². The Balaban J connectivity index is 2.93. The summed E-state index contributed by atoms with van der Waals surface area (Å²) < 4.78 is 46.3. The van der Waals surface area contributed by atoms with Gasteiger partial charge in [0.05, 0.1) is 7.11 Å². The first kappa shape index (κ1) is 11.8. The highest BCUT2D eigenvalue weighted by atomic mass is 19.4. The highest BCUT2D eigenvalue weighted by Crippen LogP contribution is 2.35. The number of hydrogen-bond donors (Lipinski definition) is 0. The predicted octanol–water partition coefficient (Wildman–Crippen LogP) is 2.34. The van der Waals surface area contributed by atoms with Gasteiger partial charge in [-0.05, 0) is 6.07 Å². The molecule has 0 saturated carbocycles. The average molecular weight is 221 g/mol. The molecule has 15 heavy (non-hydrogen) atoms. The summed E-state index contributed by atoms with van der Waals surface area (Å²) in [4.78, 5) is 3.68.